The minimum Gasteiger partial charge on any atom is -0.369 e. The maximum Gasteiger partial charge on any atom is 0.416 e. The Morgan fingerprint density at radius 1 is 1.07 bits per heavy atom. The molecule has 1 aliphatic rings. The molecule has 0 unspecified atom stereocenters. The van der Waals surface area contributed by atoms with Crippen LogP contribution < -0.4 is 4.90 Å². The van der Waals surface area contributed by atoms with Gasteiger partial charge in [0, 0.05) is 45.5 Å². The molecule has 1 saturated heterocycles. The summed E-state index contributed by atoms with van der Waals surface area (Å²) in [5.41, 5.74) is 0.587. The first kappa shape index (κ1) is 22.1. The van der Waals surface area contributed by atoms with Gasteiger partial charge in [0.2, 0.25) is 5.91 Å². The van der Waals surface area contributed by atoms with Crippen LogP contribution in [-0.2, 0) is 17.5 Å². The molecule has 0 aliphatic carbocycles. The van der Waals surface area contributed by atoms with Crippen LogP contribution in [0.1, 0.15) is 18.1 Å². The van der Waals surface area contributed by atoms with E-state index in [0.29, 0.717) is 44.0 Å². The number of alkyl halides is 3. The number of hydrogen-bond donors (Lipinski definition) is 0. The molecule has 4 nitrogen and oxygen atoms in total. The highest BCUT2D eigenvalue weighted by molar-refractivity contribution is 5.81. The molecule has 0 aromatic heterocycles. The van der Waals surface area contributed by atoms with Crippen molar-refractivity contribution in [2.75, 3.05) is 38.1 Å². The number of rotatable bonds is 5. The second kappa shape index (κ2) is 9.04. The van der Waals surface area contributed by atoms with Gasteiger partial charge in [-0.05, 0) is 42.8 Å². The molecule has 1 amide bonds. The Bertz CT molecular complexity index is 879. The second-order valence-corrected chi connectivity index (χ2v) is 7.57. The topological polar surface area (TPSA) is 26.8 Å². The monoisotopic (exact) mass is 423 g/mol. The van der Waals surface area contributed by atoms with Crippen molar-refractivity contribution in [2.45, 2.75) is 25.7 Å². The van der Waals surface area contributed by atoms with E-state index in [1.165, 1.54) is 18.2 Å². The van der Waals surface area contributed by atoms with E-state index in [2.05, 4.69) is 0 Å². The summed E-state index contributed by atoms with van der Waals surface area (Å²) in [5.74, 6) is -0.418. The van der Waals surface area contributed by atoms with E-state index >= 15 is 0 Å². The largest absolute Gasteiger partial charge is 0.416 e. The standard InChI is InChI=1S/C22H25F4N3O/c1-16(21(30)27(2)15-17-5-3-7-19(23)13-17)28-9-11-29(12-10-28)20-8-4-6-18(14-20)22(24,25)26/h3-8,13-14,16H,9-12,15H2,1-2H3/t16-/m0/s1. The number of halogens is 4. The predicted molar refractivity (Wildman–Crippen MR) is 108 cm³/mol. The van der Waals surface area contributed by atoms with Gasteiger partial charge in [0.15, 0.2) is 0 Å². The van der Waals surface area contributed by atoms with Crippen molar-refractivity contribution in [1.29, 1.82) is 0 Å². The van der Waals surface area contributed by atoms with Crippen molar-refractivity contribution >= 4 is 11.6 Å². The van der Waals surface area contributed by atoms with Gasteiger partial charge in [0.1, 0.15) is 5.82 Å². The lowest BCUT2D eigenvalue weighted by atomic mass is 10.1. The third-order valence-electron chi connectivity index (χ3n) is 5.44. The van der Waals surface area contributed by atoms with E-state index in [1.54, 1.807) is 30.1 Å². The highest BCUT2D eigenvalue weighted by Gasteiger charge is 2.32. The van der Waals surface area contributed by atoms with Crippen LogP contribution in [0.25, 0.3) is 0 Å². The highest BCUT2D eigenvalue weighted by Crippen LogP contribution is 2.32. The summed E-state index contributed by atoms with van der Waals surface area (Å²) in [4.78, 5) is 18.3. The normalized spacial score (nSPS) is 16.4. The average molecular weight is 423 g/mol. The summed E-state index contributed by atoms with van der Waals surface area (Å²) in [6.07, 6.45) is -4.37. The smallest absolute Gasteiger partial charge is 0.369 e. The first-order chi connectivity index (χ1) is 14.1. The number of carbonyl (C=O) groups excluding carboxylic acids is 1. The molecule has 8 heteroatoms. The number of carbonyl (C=O) groups is 1. The number of anilines is 1. The van der Waals surface area contributed by atoms with Gasteiger partial charge in [0.25, 0.3) is 0 Å². The van der Waals surface area contributed by atoms with Crippen molar-refractivity contribution in [3.8, 4) is 0 Å². The summed E-state index contributed by atoms with van der Waals surface area (Å²) in [6.45, 7) is 4.34. The fourth-order valence-electron chi connectivity index (χ4n) is 3.71. The molecule has 30 heavy (non-hydrogen) atoms. The first-order valence-corrected chi connectivity index (χ1v) is 9.81. The lowest BCUT2D eigenvalue weighted by molar-refractivity contribution is -0.137. The fourth-order valence-corrected chi connectivity index (χ4v) is 3.71. The van der Waals surface area contributed by atoms with E-state index in [1.807, 2.05) is 16.7 Å². The van der Waals surface area contributed by atoms with Gasteiger partial charge in [-0.1, -0.05) is 18.2 Å². The van der Waals surface area contributed by atoms with Crippen LogP contribution in [0.3, 0.4) is 0 Å². The minimum absolute atomic E-state index is 0.0771. The molecule has 1 aliphatic heterocycles. The predicted octanol–water partition coefficient (Wildman–Crippen LogP) is 4.01. The Balaban J connectivity index is 1.57. The summed E-state index contributed by atoms with van der Waals surface area (Å²) in [6, 6.07) is 11.1. The second-order valence-electron chi connectivity index (χ2n) is 7.57. The average Bonchev–Trinajstić information content (AvgIpc) is 2.72. The van der Waals surface area contributed by atoms with Gasteiger partial charge < -0.3 is 9.80 Å². The third-order valence-corrected chi connectivity index (χ3v) is 5.44. The molecule has 0 saturated carbocycles. The molecule has 1 atom stereocenters. The number of amides is 1. The molecular weight excluding hydrogens is 398 g/mol. The molecule has 2 aromatic rings. The van der Waals surface area contributed by atoms with Gasteiger partial charge in [-0.2, -0.15) is 13.2 Å². The van der Waals surface area contributed by atoms with Gasteiger partial charge in [-0.3, -0.25) is 9.69 Å². The summed E-state index contributed by atoms with van der Waals surface area (Å²) in [7, 11) is 1.68. The zero-order valence-electron chi connectivity index (χ0n) is 17.0. The highest BCUT2D eigenvalue weighted by atomic mass is 19.4. The van der Waals surface area contributed by atoms with Crippen molar-refractivity contribution in [1.82, 2.24) is 9.80 Å². The van der Waals surface area contributed by atoms with Crippen LogP contribution >= 0.6 is 0 Å². The van der Waals surface area contributed by atoms with Crippen LogP contribution in [0.5, 0.6) is 0 Å². The van der Waals surface area contributed by atoms with E-state index in [0.717, 1.165) is 12.1 Å². The van der Waals surface area contributed by atoms with Crippen LogP contribution in [0.2, 0.25) is 0 Å². The zero-order chi connectivity index (χ0) is 21.9. The number of benzene rings is 2. The maximum atomic E-state index is 13.4. The van der Waals surface area contributed by atoms with Crippen LogP contribution in [0.15, 0.2) is 48.5 Å². The molecule has 0 radical (unpaired) electrons. The third kappa shape index (κ3) is 5.30. The molecule has 2 aromatic carbocycles. The Hall–Kier alpha value is -2.61. The SMILES string of the molecule is C[C@@H](C(=O)N(C)Cc1cccc(F)c1)N1CCN(c2cccc(C(F)(F)F)c2)CC1. The molecular formula is C22H25F4N3O. The van der Waals surface area contributed by atoms with E-state index in [-0.39, 0.29) is 17.8 Å². The summed E-state index contributed by atoms with van der Waals surface area (Å²) >= 11 is 0. The molecule has 3 rings (SSSR count). The van der Waals surface area contributed by atoms with Gasteiger partial charge in [-0.25, -0.2) is 4.39 Å². The van der Waals surface area contributed by atoms with Crippen LogP contribution in [0.4, 0.5) is 23.2 Å². The molecule has 1 fully saturated rings. The van der Waals surface area contributed by atoms with E-state index < -0.39 is 11.7 Å². The van der Waals surface area contributed by atoms with E-state index in [9.17, 15) is 22.4 Å². The molecule has 1 heterocycles. The van der Waals surface area contributed by atoms with E-state index in [4.69, 9.17) is 0 Å². The lowest BCUT2D eigenvalue weighted by Crippen LogP contribution is -2.54. The summed E-state index contributed by atoms with van der Waals surface area (Å²) < 4.78 is 52.2. The van der Waals surface area contributed by atoms with Crippen molar-refractivity contribution in [3.63, 3.8) is 0 Å². The molecule has 162 valence electrons. The molecule has 0 bridgehead atoms. The van der Waals surface area contributed by atoms with Crippen molar-refractivity contribution in [2.24, 2.45) is 0 Å². The van der Waals surface area contributed by atoms with Crippen LogP contribution in [0, 0.1) is 5.82 Å². The molecule has 0 N–H and O–H groups in total. The Labute approximate surface area is 173 Å². The maximum absolute atomic E-state index is 13.4. The molecule has 0 spiro atoms. The van der Waals surface area contributed by atoms with Crippen molar-refractivity contribution < 1.29 is 22.4 Å². The van der Waals surface area contributed by atoms with Crippen molar-refractivity contribution in [3.05, 3.63) is 65.5 Å². The number of likely N-dealkylation sites (N-methyl/N-ethyl adjacent to an activating group) is 1. The first-order valence-electron chi connectivity index (χ1n) is 9.81. The Kier molecular flexibility index (Phi) is 6.65. The van der Waals surface area contributed by atoms with Gasteiger partial charge in [0.05, 0.1) is 11.6 Å². The number of hydrogen-bond acceptors (Lipinski definition) is 3. The summed E-state index contributed by atoms with van der Waals surface area (Å²) in [5, 5.41) is 0. The Morgan fingerprint density at radius 3 is 2.37 bits per heavy atom. The zero-order valence-corrected chi connectivity index (χ0v) is 17.0. The fraction of sp³-hybridized carbons (Fsp3) is 0.409. The van der Waals surface area contributed by atoms with Crippen LogP contribution in [-0.4, -0.2) is 55.0 Å². The number of nitrogens with zero attached hydrogens (tertiary/aromatic N) is 3. The minimum atomic E-state index is -4.37. The van der Waals surface area contributed by atoms with Gasteiger partial charge in [-0.15, -0.1) is 0 Å². The number of piperazine rings is 1. The van der Waals surface area contributed by atoms with Gasteiger partial charge >= 0.3 is 6.18 Å². The Morgan fingerprint density at radius 2 is 1.73 bits per heavy atom. The lowest BCUT2D eigenvalue weighted by Gasteiger charge is -2.39. The quantitative estimate of drug-likeness (QED) is 0.680.